The van der Waals surface area contributed by atoms with Crippen molar-refractivity contribution in [1.82, 2.24) is 5.32 Å². The maximum atomic E-state index is 12.8. The second-order valence-electron chi connectivity index (χ2n) is 7.12. The van der Waals surface area contributed by atoms with E-state index in [-0.39, 0.29) is 11.8 Å². The molecule has 29 heavy (non-hydrogen) atoms. The highest BCUT2D eigenvalue weighted by atomic mass is 35.5. The zero-order valence-electron chi connectivity index (χ0n) is 16.4. The van der Waals surface area contributed by atoms with Crippen molar-refractivity contribution in [1.29, 1.82) is 0 Å². The summed E-state index contributed by atoms with van der Waals surface area (Å²) >= 11 is 11.9. The summed E-state index contributed by atoms with van der Waals surface area (Å²) in [7, 11) is 0. The summed E-state index contributed by atoms with van der Waals surface area (Å²) in [5.41, 5.74) is 2.44. The molecule has 0 bridgehead atoms. The summed E-state index contributed by atoms with van der Waals surface area (Å²) in [6.45, 7) is 4.49. The number of nitrogens with zero attached hydrogens (tertiary/aromatic N) is 1. The average molecular weight is 434 g/mol. The second-order valence-corrected chi connectivity index (χ2v) is 7.93. The van der Waals surface area contributed by atoms with Gasteiger partial charge in [0.2, 0.25) is 0 Å². The van der Waals surface area contributed by atoms with E-state index in [1.165, 1.54) is 12.5 Å². The number of carbonyl (C=O) groups excluding carboxylic acids is 2. The van der Waals surface area contributed by atoms with Crippen molar-refractivity contribution in [2.75, 3.05) is 29.9 Å². The number of hydrogen-bond acceptors (Lipinski definition) is 3. The number of anilines is 2. The van der Waals surface area contributed by atoms with Crippen molar-refractivity contribution in [3.05, 3.63) is 57.6 Å². The van der Waals surface area contributed by atoms with Gasteiger partial charge in [0.1, 0.15) is 0 Å². The van der Waals surface area contributed by atoms with Crippen molar-refractivity contribution in [2.24, 2.45) is 0 Å². The fraction of sp³-hybridized carbons (Fsp3) is 0.364. The maximum Gasteiger partial charge on any atom is 0.255 e. The largest absolute Gasteiger partial charge is 0.371 e. The number of benzene rings is 2. The summed E-state index contributed by atoms with van der Waals surface area (Å²) in [4.78, 5) is 27.6. The highest BCUT2D eigenvalue weighted by Crippen LogP contribution is 2.28. The summed E-state index contributed by atoms with van der Waals surface area (Å²) in [5.74, 6) is -0.438. The predicted octanol–water partition coefficient (Wildman–Crippen LogP) is 5.38. The molecule has 1 aliphatic rings. The molecule has 1 aliphatic heterocycles. The first-order chi connectivity index (χ1) is 14.0. The van der Waals surface area contributed by atoms with E-state index < -0.39 is 0 Å². The number of piperidine rings is 1. The van der Waals surface area contributed by atoms with Crippen LogP contribution in [0, 0.1) is 0 Å². The van der Waals surface area contributed by atoms with E-state index >= 15 is 0 Å². The lowest BCUT2D eigenvalue weighted by Crippen LogP contribution is -2.33. The van der Waals surface area contributed by atoms with E-state index in [0.717, 1.165) is 38.0 Å². The lowest BCUT2D eigenvalue weighted by atomic mass is 10.1. The Bertz CT molecular complexity index is 896. The number of rotatable bonds is 6. The molecule has 2 aromatic carbocycles. The fourth-order valence-electron chi connectivity index (χ4n) is 3.38. The molecule has 0 saturated carbocycles. The molecule has 154 valence electrons. The Kier molecular flexibility index (Phi) is 7.40. The maximum absolute atomic E-state index is 12.8. The molecule has 2 N–H and O–H groups in total. The monoisotopic (exact) mass is 433 g/mol. The average Bonchev–Trinajstić information content (AvgIpc) is 2.74. The topological polar surface area (TPSA) is 61.4 Å². The van der Waals surface area contributed by atoms with Crippen LogP contribution in [0.25, 0.3) is 0 Å². The van der Waals surface area contributed by atoms with Crippen molar-refractivity contribution >= 4 is 46.4 Å². The summed E-state index contributed by atoms with van der Waals surface area (Å²) in [6, 6.07) is 10.2. The molecule has 0 unspecified atom stereocenters. The second kappa shape index (κ2) is 9.99. The molecule has 5 nitrogen and oxygen atoms in total. The smallest absolute Gasteiger partial charge is 0.255 e. The van der Waals surface area contributed by atoms with Gasteiger partial charge in [0.25, 0.3) is 11.8 Å². The molecule has 0 aliphatic carbocycles. The minimum Gasteiger partial charge on any atom is -0.371 e. The number of nitrogens with one attached hydrogen (secondary N) is 2. The minimum atomic E-state index is -0.311. The van der Waals surface area contributed by atoms with Crippen LogP contribution in [-0.2, 0) is 0 Å². The third kappa shape index (κ3) is 5.43. The molecule has 2 aromatic rings. The third-order valence-corrected chi connectivity index (χ3v) is 5.65. The van der Waals surface area contributed by atoms with E-state index in [9.17, 15) is 9.59 Å². The third-order valence-electron chi connectivity index (χ3n) is 4.91. The van der Waals surface area contributed by atoms with E-state index in [0.29, 0.717) is 33.4 Å². The molecule has 1 saturated heterocycles. The van der Waals surface area contributed by atoms with Gasteiger partial charge in [-0.3, -0.25) is 9.59 Å². The highest BCUT2D eigenvalue weighted by molar-refractivity contribution is 6.42. The van der Waals surface area contributed by atoms with Gasteiger partial charge in [-0.25, -0.2) is 0 Å². The lowest BCUT2D eigenvalue weighted by molar-refractivity contribution is 0.0952. The van der Waals surface area contributed by atoms with Crippen LogP contribution < -0.4 is 15.5 Å². The Balaban J connectivity index is 1.85. The quantitative estimate of drug-likeness (QED) is 0.642. The van der Waals surface area contributed by atoms with Crippen LogP contribution in [0.1, 0.15) is 53.3 Å². The molecule has 1 heterocycles. The Labute approximate surface area is 181 Å². The molecule has 3 rings (SSSR count). The van der Waals surface area contributed by atoms with Gasteiger partial charge in [0.15, 0.2) is 0 Å². The summed E-state index contributed by atoms with van der Waals surface area (Å²) in [6.07, 6.45) is 4.31. The van der Waals surface area contributed by atoms with Gasteiger partial charge in [0.05, 0.1) is 15.6 Å². The van der Waals surface area contributed by atoms with Crippen LogP contribution in [0.2, 0.25) is 10.0 Å². The Hall–Kier alpha value is -2.24. The van der Waals surface area contributed by atoms with Gasteiger partial charge in [-0.1, -0.05) is 30.1 Å². The van der Waals surface area contributed by atoms with Crippen molar-refractivity contribution in [2.45, 2.75) is 32.6 Å². The minimum absolute atomic E-state index is 0.127. The van der Waals surface area contributed by atoms with Gasteiger partial charge in [-0.05, 0) is 62.1 Å². The van der Waals surface area contributed by atoms with Crippen LogP contribution in [0.3, 0.4) is 0 Å². The van der Waals surface area contributed by atoms with Gasteiger partial charge in [-0.2, -0.15) is 0 Å². The normalized spacial score (nSPS) is 13.8. The van der Waals surface area contributed by atoms with E-state index in [2.05, 4.69) is 15.5 Å². The van der Waals surface area contributed by atoms with E-state index in [1.807, 2.05) is 19.1 Å². The fourth-order valence-corrected chi connectivity index (χ4v) is 3.68. The summed E-state index contributed by atoms with van der Waals surface area (Å²) < 4.78 is 0. The van der Waals surface area contributed by atoms with E-state index in [1.54, 1.807) is 18.2 Å². The molecule has 0 aromatic heterocycles. The number of amides is 2. The van der Waals surface area contributed by atoms with Crippen LogP contribution in [-0.4, -0.2) is 31.4 Å². The highest BCUT2D eigenvalue weighted by Gasteiger charge is 2.20. The first kappa shape index (κ1) is 21.5. The molecule has 1 fully saturated rings. The standard InChI is InChI=1S/C22H25Cl2N3O2/c1-2-10-25-22(29)17-14-16(7-9-20(17)27-11-4-3-5-12-27)26-21(28)15-6-8-18(23)19(24)13-15/h6-9,13-14H,2-5,10-12H2,1H3,(H,25,29)(H,26,28). The van der Waals surface area contributed by atoms with Crippen LogP contribution in [0.5, 0.6) is 0 Å². The summed E-state index contributed by atoms with van der Waals surface area (Å²) in [5, 5.41) is 6.50. The van der Waals surface area contributed by atoms with Gasteiger partial charge in [-0.15, -0.1) is 0 Å². The predicted molar refractivity (Wildman–Crippen MR) is 120 cm³/mol. The molecule has 2 amide bonds. The SMILES string of the molecule is CCCNC(=O)c1cc(NC(=O)c2ccc(Cl)c(Cl)c2)ccc1N1CCCCC1. The molecule has 7 heteroatoms. The zero-order chi connectivity index (χ0) is 20.8. The van der Waals surface area contributed by atoms with Gasteiger partial charge < -0.3 is 15.5 Å². The lowest BCUT2D eigenvalue weighted by Gasteiger charge is -2.30. The van der Waals surface area contributed by atoms with Crippen molar-refractivity contribution < 1.29 is 9.59 Å². The first-order valence-electron chi connectivity index (χ1n) is 9.93. The molecular weight excluding hydrogens is 409 g/mol. The first-order valence-corrected chi connectivity index (χ1v) is 10.7. The molecule has 0 atom stereocenters. The van der Waals surface area contributed by atoms with Gasteiger partial charge >= 0.3 is 0 Å². The van der Waals surface area contributed by atoms with Gasteiger partial charge in [0, 0.05) is 36.6 Å². The van der Waals surface area contributed by atoms with Crippen molar-refractivity contribution in [3.8, 4) is 0 Å². The van der Waals surface area contributed by atoms with Crippen LogP contribution in [0.15, 0.2) is 36.4 Å². The Morgan fingerprint density at radius 2 is 1.72 bits per heavy atom. The Morgan fingerprint density at radius 3 is 2.41 bits per heavy atom. The number of carbonyl (C=O) groups is 2. The van der Waals surface area contributed by atoms with Crippen molar-refractivity contribution in [3.63, 3.8) is 0 Å². The Morgan fingerprint density at radius 1 is 0.966 bits per heavy atom. The number of hydrogen-bond donors (Lipinski definition) is 2. The molecule has 0 radical (unpaired) electrons. The molecule has 0 spiro atoms. The van der Waals surface area contributed by atoms with Crippen LogP contribution in [0.4, 0.5) is 11.4 Å². The van der Waals surface area contributed by atoms with E-state index in [4.69, 9.17) is 23.2 Å². The molecular formula is C22H25Cl2N3O2. The van der Waals surface area contributed by atoms with Crippen LogP contribution >= 0.6 is 23.2 Å². The number of halogens is 2. The zero-order valence-corrected chi connectivity index (χ0v) is 17.9.